The van der Waals surface area contributed by atoms with Crippen LogP contribution in [0, 0.1) is 6.07 Å². The first-order valence-corrected chi connectivity index (χ1v) is 10.3. The Kier molecular flexibility index (Phi) is 4.88. The molecule has 3 rings (SSSR count). The highest BCUT2D eigenvalue weighted by Crippen LogP contribution is 2.34. The highest BCUT2D eigenvalue weighted by molar-refractivity contribution is 7.89. The molecule has 1 heterocycles. The van der Waals surface area contributed by atoms with Crippen molar-refractivity contribution in [3.8, 4) is 27.6 Å². The Bertz CT molecular complexity index is 1020. The fourth-order valence-corrected chi connectivity index (χ4v) is 4.68. The summed E-state index contributed by atoms with van der Waals surface area (Å²) in [6, 6.07) is 14.7. The second-order valence-corrected chi connectivity index (χ2v) is 9.40. The molecule has 0 saturated carbocycles. The maximum atomic E-state index is 12.4. The zero-order chi connectivity index (χ0) is 18.9. The van der Waals surface area contributed by atoms with Crippen molar-refractivity contribution in [1.82, 2.24) is 9.71 Å². The quantitative estimate of drug-likeness (QED) is 0.707. The molecule has 0 amide bonds. The van der Waals surface area contributed by atoms with Crippen molar-refractivity contribution in [3.63, 3.8) is 0 Å². The molecule has 0 bridgehead atoms. The van der Waals surface area contributed by atoms with Crippen molar-refractivity contribution in [2.24, 2.45) is 0 Å². The van der Waals surface area contributed by atoms with Gasteiger partial charge in [0.1, 0.15) is 10.8 Å². The van der Waals surface area contributed by atoms with Gasteiger partial charge in [-0.15, -0.1) is 11.3 Å². The van der Waals surface area contributed by atoms with Gasteiger partial charge in [-0.1, -0.05) is 24.3 Å². The zero-order valence-corrected chi connectivity index (χ0v) is 16.3. The molecule has 1 radical (unpaired) electrons. The lowest BCUT2D eigenvalue weighted by atomic mass is 10.1. The number of nitrogens with zero attached hydrogens (tertiary/aromatic N) is 1. The van der Waals surface area contributed by atoms with Gasteiger partial charge >= 0.3 is 0 Å². The molecule has 0 saturated heterocycles. The summed E-state index contributed by atoms with van der Waals surface area (Å²) in [4.78, 5) is 4.56. The van der Waals surface area contributed by atoms with Gasteiger partial charge in [-0.3, -0.25) is 0 Å². The molecule has 0 unspecified atom stereocenters. The number of thiazole rings is 1. The van der Waals surface area contributed by atoms with Gasteiger partial charge in [0.25, 0.3) is 0 Å². The lowest BCUT2D eigenvalue weighted by Gasteiger charge is -2.20. The van der Waals surface area contributed by atoms with Crippen LogP contribution in [-0.2, 0) is 10.0 Å². The predicted molar refractivity (Wildman–Crippen MR) is 104 cm³/mol. The number of aromatic hydroxyl groups is 1. The molecule has 0 atom stereocenters. The summed E-state index contributed by atoms with van der Waals surface area (Å²) in [5.41, 5.74) is 1.45. The van der Waals surface area contributed by atoms with Crippen molar-refractivity contribution < 1.29 is 13.5 Å². The van der Waals surface area contributed by atoms with Gasteiger partial charge in [0.05, 0.1) is 10.6 Å². The highest BCUT2D eigenvalue weighted by Gasteiger charge is 2.23. The highest BCUT2D eigenvalue weighted by atomic mass is 32.2. The van der Waals surface area contributed by atoms with Gasteiger partial charge in [-0.25, -0.2) is 18.1 Å². The van der Waals surface area contributed by atoms with Crippen LogP contribution in [0.2, 0.25) is 0 Å². The molecule has 0 fully saturated rings. The molecular weight excluding hydrogens is 368 g/mol. The summed E-state index contributed by atoms with van der Waals surface area (Å²) < 4.78 is 27.4. The first kappa shape index (κ1) is 18.6. The van der Waals surface area contributed by atoms with E-state index in [0.717, 1.165) is 10.6 Å². The van der Waals surface area contributed by atoms with Crippen molar-refractivity contribution in [2.45, 2.75) is 31.2 Å². The van der Waals surface area contributed by atoms with E-state index in [-0.39, 0.29) is 10.6 Å². The molecule has 0 spiro atoms. The molecule has 3 aromatic rings. The Morgan fingerprint density at radius 1 is 1.15 bits per heavy atom. The van der Waals surface area contributed by atoms with Crippen molar-refractivity contribution >= 4 is 21.4 Å². The minimum absolute atomic E-state index is 0.0164. The molecule has 2 N–H and O–H groups in total. The smallest absolute Gasteiger partial charge is 0.241 e. The van der Waals surface area contributed by atoms with Crippen molar-refractivity contribution in [1.29, 1.82) is 0 Å². The molecule has 26 heavy (non-hydrogen) atoms. The number of benzene rings is 2. The minimum atomic E-state index is -3.71. The average Bonchev–Trinajstić information content (AvgIpc) is 3.03. The van der Waals surface area contributed by atoms with Gasteiger partial charge < -0.3 is 5.11 Å². The van der Waals surface area contributed by atoms with Crippen molar-refractivity contribution in [3.05, 3.63) is 53.9 Å². The molecule has 0 aliphatic heterocycles. The van der Waals surface area contributed by atoms with E-state index in [1.54, 1.807) is 26.8 Å². The summed E-state index contributed by atoms with van der Waals surface area (Å²) in [5.74, 6) is -0.125. The van der Waals surface area contributed by atoms with Crippen LogP contribution >= 0.6 is 11.3 Å². The lowest BCUT2D eigenvalue weighted by Crippen LogP contribution is -2.40. The monoisotopic (exact) mass is 387 g/mol. The molecule has 7 heteroatoms. The van der Waals surface area contributed by atoms with Crippen LogP contribution in [0.25, 0.3) is 21.8 Å². The third-order valence-corrected chi connectivity index (χ3v) is 6.11. The molecule has 0 aliphatic carbocycles. The standard InChI is InChI=1S/C19H19N2O3S2/c1-19(2,3)21-26(23,24)14-9-10-15(17(22)11-14)16-12-25-18(20-16)13-7-5-4-6-8-13/h5-12,21-22H,1-3H3. The maximum absolute atomic E-state index is 12.4. The van der Waals surface area contributed by atoms with Crippen LogP contribution in [0.3, 0.4) is 0 Å². The first-order valence-electron chi connectivity index (χ1n) is 7.95. The first-order chi connectivity index (χ1) is 12.2. The number of rotatable bonds is 4. The molecule has 5 nitrogen and oxygen atoms in total. The second-order valence-electron chi connectivity index (χ2n) is 6.86. The van der Waals surface area contributed by atoms with Gasteiger partial charge in [-0.05, 0) is 39.0 Å². The lowest BCUT2D eigenvalue weighted by molar-refractivity contribution is 0.472. The van der Waals surface area contributed by atoms with Gasteiger partial charge in [-0.2, -0.15) is 0 Å². The summed E-state index contributed by atoms with van der Waals surface area (Å²) in [5, 5.41) is 13.0. The van der Waals surface area contributed by atoms with Gasteiger partial charge in [0.15, 0.2) is 0 Å². The number of aromatic nitrogens is 1. The predicted octanol–water partition coefficient (Wildman–Crippen LogP) is 4.06. The Morgan fingerprint density at radius 3 is 2.46 bits per heavy atom. The molecule has 0 aliphatic rings. The SMILES string of the molecule is CC(C)(C)NS(=O)(=O)c1ccc(-c2csc(-c3cc[c]cc3)n2)c(O)c1. The largest absolute Gasteiger partial charge is 0.507 e. The summed E-state index contributed by atoms with van der Waals surface area (Å²) in [7, 11) is -3.71. The number of phenols is 1. The summed E-state index contributed by atoms with van der Waals surface area (Å²) in [6.45, 7) is 5.28. The molecule has 2 aromatic carbocycles. The third-order valence-electron chi connectivity index (χ3n) is 3.47. The number of phenolic OH excluding ortho intramolecular Hbond substituents is 1. The van der Waals surface area contributed by atoms with E-state index < -0.39 is 15.6 Å². The van der Waals surface area contributed by atoms with Crippen LogP contribution in [0.1, 0.15) is 20.8 Å². The van der Waals surface area contributed by atoms with Crippen LogP contribution in [0.5, 0.6) is 5.75 Å². The maximum Gasteiger partial charge on any atom is 0.241 e. The Morgan fingerprint density at radius 2 is 1.85 bits per heavy atom. The van der Waals surface area contributed by atoms with Crippen LogP contribution < -0.4 is 4.72 Å². The van der Waals surface area contributed by atoms with Gasteiger partial charge in [0, 0.05) is 28.1 Å². The van der Waals surface area contributed by atoms with Crippen molar-refractivity contribution in [2.75, 3.05) is 0 Å². The van der Waals surface area contributed by atoms with E-state index in [4.69, 9.17) is 0 Å². The molecule has 1 aromatic heterocycles. The number of hydrogen-bond donors (Lipinski definition) is 2. The van der Waals surface area contributed by atoms with E-state index in [1.165, 1.54) is 23.5 Å². The van der Waals surface area contributed by atoms with E-state index in [0.29, 0.717) is 11.3 Å². The summed E-state index contributed by atoms with van der Waals surface area (Å²) in [6.07, 6.45) is 0. The normalized spacial score (nSPS) is 12.3. The van der Waals surface area contributed by atoms with Crippen LogP contribution in [0.15, 0.2) is 52.7 Å². The third kappa shape index (κ3) is 4.12. The fourth-order valence-electron chi connectivity index (χ4n) is 2.42. The average molecular weight is 388 g/mol. The topological polar surface area (TPSA) is 79.3 Å². The van der Waals surface area contributed by atoms with Crippen LogP contribution in [-0.4, -0.2) is 24.0 Å². The van der Waals surface area contributed by atoms with Gasteiger partial charge in [0.2, 0.25) is 10.0 Å². The number of sulfonamides is 1. The van der Waals surface area contributed by atoms with E-state index in [1.807, 2.05) is 29.6 Å². The van der Waals surface area contributed by atoms with E-state index in [9.17, 15) is 13.5 Å². The fraction of sp³-hybridized carbons (Fsp3) is 0.211. The summed E-state index contributed by atoms with van der Waals surface area (Å²) >= 11 is 1.46. The Labute approximate surface area is 157 Å². The zero-order valence-electron chi connectivity index (χ0n) is 14.6. The molecular formula is C19H19N2O3S2. The Balaban J connectivity index is 1.93. The van der Waals surface area contributed by atoms with E-state index in [2.05, 4.69) is 15.8 Å². The second kappa shape index (κ2) is 6.83. The minimum Gasteiger partial charge on any atom is -0.507 e. The Hall–Kier alpha value is -2.22. The van der Waals surface area contributed by atoms with E-state index >= 15 is 0 Å². The molecule has 135 valence electrons. The number of nitrogens with one attached hydrogen (secondary N) is 1. The number of hydrogen-bond acceptors (Lipinski definition) is 5. The van der Waals surface area contributed by atoms with Crippen LogP contribution in [0.4, 0.5) is 0 Å².